The summed E-state index contributed by atoms with van der Waals surface area (Å²) in [6.07, 6.45) is -4.75. The first-order valence-corrected chi connectivity index (χ1v) is 9.33. The highest BCUT2D eigenvalue weighted by Crippen LogP contribution is 2.33. The standard InChI is InChI=1S/C21H23F3N2O3/c1-15-13-26(11-10-25(15)14-19(27)28)20(16-6-3-2-4-7-16)17-8-5-9-18(12-17)29-21(22,23)24/h2-9,12,15,20H,10-11,13-14H2,1H3,(H,27,28)/t15?,20-/m0/s1. The van der Waals surface area contributed by atoms with Gasteiger partial charge in [0.25, 0.3) is 0 Å². The zero-order chi connectivity index (χ0) is 21.0. The lowest BCUT2D eigenvalue weighted by Gasteiger charge is -2.43. The van der Waals surface area contributed by atoms with Crippen LogP contribution in [-0.4, -0.2) is 59.5 Å². The third-order valence-corrected chi connectivity index (χ3v) is 5.02. The van der Waals surface area contributed by atoms with Crippen molar-refractivity contribution in [3.8, 4) is 5.75 Å². The van der Waals surface area contributed by atoms with Gasteiger partial charge >= 0.3 is 12.3 Å². The molecular formula is C21H23F3N2O3. The Kier molecular flexibility index (Phi) is 6.44. The number of hydrogen-bond acceptors (Lipinski definition) is 4. The predicted molar refractivity (Wildman–Crippen MR) is 102 cm³/mol. The molecule has 156 valence electrons. The molecule has 2 aromatic carbocycles. The average molecular weight is 408 g/mol. The van der Waals surface area contributed by atoms with E-state index in [0.717, 1.165) is 5.56 Å². The highest BCUT2D eigenvalue weighted by atomic mass is 19.4. The summed E-state index contributed by atoms with van der Waals surface area (Å²) in [6.45, 7) is 3.69. The summed E-state index contributed by atoms with van der Waals surface area (Å²) in [7, 11) is 0. The van der Waals surface area contributed by atoms with Gasteiger partial charge in [0.05, 0.1) is 12.6 Å². The van der Waals surface area contributed by atoms with Gasteiger partial charge in [0.15, 0.2) is 0 Å². The molecule has 1 saturated heterocycles. The largest absolute Gasteiger partial charge is 0.573 e. The van der Waals surface area contributed by atoms with Crippen LogP contribution < -0.4 is 4.74 Å². The second-order valence-electron chi connectivity index (χ2n) is 7.14. The Morgan fingerprint density at radius 2 is 1.83 bits per heavy atom. The van der Waals surface area contributed by atoms with Gasteiger partial charge in [0.2, 0.25) is 0 Å². The first kappa shape index (κ1) is 21.1. The van der Waals surface area contributed by atoms with Gasteiger partial charge in [-0.15, -0.1) is 13.2 Å². The maximum Gasteiger partial charge on any atom is 0.573 e. The topological polar surface area (TPSA) is 53.0 Å². The molecule has 0 bridgehead atoms. The zero-order valence-electron chi connectivity index (χ0n) is 16.0. The van der Waals surface area contributed by atoms with E-state index >= 15 is 0 Å². The fourth-order valence-electron chi connectivity index (χ4n) is 3.80. The molecule has 1 fully saturated rings. The first-order valence-electron chi connectivity index (χ1n) is 9.33. The molecule has 1 aliphatic rings. The fraction of sp³-hybridized carbons (Fsp3) is 0.381. The SMILES string of the molecule is CC1CN([C@@H](c2ccccc2)c2cccc(OC(F)(F)F)c2)CCN1CC(=O)O. The number of carboxylic acids is 1. The molecule has 0 saturated carbocycles. The van der Waals surface area contributed by atoms with Gasteiger partial charge in [-0.05, 0) is 30.2 Å². The first-order chi connectivity index (χ1) is 13.7. The van der Waals surface area contributed by atoms with E-state index in [4.69, 9.17) is 5.11 Å². The van der Waals surface area contributed by atoms with Crippen LogP contribution in [0.2, 0.25) is 0 Å². The molecule has 1 unspecified atom stereocenters. The highest BCUT2D eigenvalue weighted by molar-refractivity contribution is 5.69. The quantitative estimate of drug-likeness (QED) is 0.789. The summed E-state index contributed by atoms with van der Waals surface area (Å²) in [6, 6.07) is 15.3. The van der Waals surface area contributed by atoms with Crippen molar-refractivity contribution in [1.29, 1.82) is 0 Å². The van der Waals surface area contributed by atoms with E-state index in [1.54, 1.807) is 12.1 Å². The second kappa shape index (κ2) is 8.84. The van der Waals surface area contributed by atoms with Crippen LogP contribution in [0, 0.1) is 0 Å². The number of benzene rings is 2. The van der Waals surface area contributed by atoms with Crippen LogP contribution in [0.5, 0.6) is 5.75 Å². The molecule has 3 rings (SSSR count). The molecule has 0 radical (unpaired) electrons. The van der Waals surface area contributed by atoms with Crippen LogP contribution in [0.25, 0.3) is 0 Å². The van der Waals surface area contributed by atoms with Crippen molar-refractivity contribution in [2.24, 2.45) is 0 Å². The van der Waals surface area contributed by atoms with Gasteiger partial charge < -0.3 is 9.84 Å². The van der Waals surface area contributed by atoms with Gasteiger partial charge in [-0.25, -0.2) is 0 Å². The number of alkyl halides is 3. The molecule has 5 nitrogen and oxygen atoms in total. The average Bonchev–Trinajstić information content (AvgIpc) is 2.64. The highest BCUT2D eigenvalue weighted by Gasteiger charge is 2.33. The molecule has 1 N–H and O–H groups in total. The van der Waals surface area contributed by atoms with E-state index in [9.17, 15) is 18.0 Å². The minimum absolute atomic E-state index is 0.000620. The van der Waals surface area contributed by atoms with Crippen molar-refractivity contribution in [3.05, 3.63) is 65.7 Å². The Labute approximate surface area is 167 Å². The number of aliphatic carboxylic acids is 1. The number of carboxylic acid groups (broad SMARTS) is 1. The van der Waals surface area contributed by atoms with Crippen molar-refractivity contribution in [2.45, 2.75) is 25.4 Å². The minimum atomic E-state index is -4.75. The van der Waals surface area contributed by atoms with E-state index in [0.29, 0.717) is 25.2 Å². The van der Waals surface area contributed by atoms with E-state index in [1.807, 2.05) is 42.2 Å². The van der Waals surface area contributed by atoms with E-state index in [-0.39, 0.29) is 24.4 Å². The van der Waals surface area contributed by atoms with Crippen molar-refractivity contribution in [1.82, 2.24) is 9.80 Å². The molecule has 2 aromatic rings. The minimum Gasteiger partial charge on any atom is -0.480 e. The number of ether oxygens (including phenoxy) is 1. The Hall–Kier alpha value is -2.58. The van der Waals surface area contributed by atoms with Gasteiger partial charge in [-0.1, -0.05) is 42.5 Å². The molecule has 0 amide bonds. The predicted octanol–water partition coefficient (Wildman–Crippen LogP) is 3.77. The maximum absolute atomic E-state index is 12.7. The Balaban J connectivity index is 1.89. The Morgan fingerprint density at radius 1 is 1.14 bits per heavy atom. The lowest BCUT2D eigenvalue weighted by molar-refractivity contribution is -0.274. The Morgan fingerprint density at radius 3 is 2.45 bits per heavy atom. The van der Waals surface area contributed by atoms with Crippen LogP contribution >= 0.6 is 0 Å². The smallest absolute Gasteiger partial charge is 0.480 e. The van der Waals surface area contributed by atoms with Crippen LogP contribution in [0.1, 0.15) is 24.1 Å². The summed E-state index contributed by atoms with van der Waals surface area (Å²) in [4.78, 5) is 15.1. The maximum atomic E-state index is 12.7. The summed E-state index contributed by atoms with van der Waals surface area (Å²) in [5.41, 5.74) is 1.65. The summed E-state index contributed by atoms with van der Waals surface area (Å²) >= 11 is 0. The molecule has 1 heterocycles. The number of piperazine rings is 1. The number of halogens is 3. The monoisotopic (exact) mass is 408 g/mol. The van der Waals surface area contributed by atoms with E-state index in [2.05, 4.69) is 9.64 Å². The number of nitrogens with zero attached hydrogens (tertiary/aromatic N) is 2. The third kappa shape index (κ3) is 5.71. The lowest BCUT2D eigenvalue weighted by Crippen LogP contribution is -2.54. The number of rotatable bonds is 6. The van der Waals surface area contributed by atoms with Crippen molar-refractivity contribution in [2.75, 3.05) is 26.2 Å². The van der Waals surface area contributed by atoms with Crippen LogP contribution in [-0.2, 0) is 4.79 Å². The van der Waals surface area contributed by atoms with Crippen molar-refractivity contribution < 1.29 is 27.8 Å². The molecule has 0 aromatic heterocycles. The van der Waals surface area contributed by atoms with E-state index < -0.39 is 12.3 Å². The summed E-state index contributed by atoms with van der Waals surface area (Å²) in [5.74, 6) is -1.13. The normalized spacial score (nSPS) is 19.7. The van der Waals surface area contributed by atoms with Crippen LogP contribution in [0.3, 0.4) is 0 Å². The van der Waals surface area contributed by atoms with E-state index in [1.165, 1.54) is 12.1 Å². The number of carbonyl (C=O) groups is 1. The van der Waals surface area contributed by atoms with Gasteiger partial charge in [0, 0.05) is 25.7 Å². The summed E-state index contributed by atoms with van der Waals surface area (Å²) in [5, 5.41) is 9.08. The molecule has 0 aliphatic carbocycles. The molecular weight excluding hydrogens is 385 g/mol. The molecule has 8 heteroatoms. The lowest BCUT2D eigenvalue weighted by atomic mass is 9.95. The molecule has 29 heavy (non-hydrogen) atoms. The number of hydrogen-bond donors (Lipinski definition) is 1. The van der Waals surface area contributed by atoms with Gasteiger partial charge in [0.1, 0.15) is 5.75 Å². The molecule has 2 atom stereocenters. The molecule has 0 spiro atoms. The van der Waals surface area contributed by atoms with Crippen molar-refractivity contribution >= 4 is 5.97 Å². The van der Waals surface area contributed by atoms with Crippen molar-refractivity contribution in [3.63, 3.8) is 0 Å². The van der Waals surface area contributed by atoms with Gasteiger partial charge in [-0.2, -0.15) is 0 Å². The third-order valence-electron chi connectivity index (χ3n) is 5.02. The zero-order valence-corrected chi connectivity index (χ0v) is 16.0. The fourth-order valence-corrected chi connectivity index (χ4v) is 3.80. The second-order valence-corrected chi connectivity index (χ2v) is 7.14. The van der Waals surface area contributed by atoms with Gasteiger partial charge in [-0.3, -0.25) is 14.6 Å². The molecule has 1 aliphatic heterocycles. The van der Waals surface area contributed by atoms with Crippen LogP contribution in [0.15, 0.2) is 54.6 Å². The Bertz CT molecular complexity index is 829. The van der Waals surface area contributed by atoms with Crippen LogP contribution in [0.4, 0.5) is 13.2 Å². The summed E-state index contributed by atoms with van der Waals surface area (Å²) < 4.78 is 42.1.